The first-order valence-corrected chi connectivity index (χ1v) is 13.4. The molecule has 7 rings (SSSR count). The molecule has 3 aromatic heterocycles. The van der Waals surface area contributed by atoms with Crippen molar-refractivity contribution in [1.82, 2.24) is 14.4 Å². The Hall–Kier alpha value is -4.33. The quantitative estimate of drug-likeness (QED) is 0.271. The van der Waals surface area contributed by atoms with Crippen molar-refractivity contribution in [3.05, 3.63) is 134 Å². The van der Waals surface area contributed by atoms with Gasteiger partial charge in [-0.3, -0.25) is 4.40 Å². The van der Waals surface area contributed by atoms with Crippen molar-refractivity contribution in [2.24, 2.45) is 0 Å². The largest absolute Gasteiger partial charge is 0.284 e. The van der Waals surface area contributed by atoms with Gasteiger partial charge in [0, 0.05) is 22.5 Å². The maximum absolute atomic E-state index is 5.22. The molecule has 7 aromatic rings. The molecule has 0 spiro atoms. The Morgan fingerprint density at radius 1 is 0.528 bits per heavy atom. The van der Waals surface area contributed by atoms with E-state index in [4.69, 9.17) is 9.97 Å². The number of imidazole rings is 1. The normalized spacial score (nSPS) is 11.6. The van der Waals surface area contributed by atoms with Gasteiger partial charge in [0.05, 0.1) is 5.69 Å². The number of pyridine rings is 2. The Morgan fingerprint density at radius 3 is 1.92 bits per heavy atom. The fourth-order valence-electron chi connectivity index (χ4n) is 4.95. The molecule has 0 bridgehead atoms. The number of nitrogens with zero attached hydrogens (tertiary/aromatic N) is 3. The molecule has 0 fully saturated rings. The summed E-state index contributed by atoms with van der Waals surface area (Å²) in [4.78, 5) is 10.1. The molecule has 3 heterocycles. The zero-order valence-corrected chi connectivity index (χ0v) is 20.4. The summed E-state index contributed by atoms with van der Waals surface area (Å²) in [6, 6.07) is 45.1. The zero-order valence-electron chi connectivity index (χ0n) is 19.5. The molecule has 3 nitrogen and oxygen atoms in total. The summed E-state index contributed by atoms with van der Waals surface area (Å²) in [6.07, 6.45) is 2.04. The predicted octanol–water partition coefficient (Wildman–Crippen LogP) is 6.46. The molecule has 4 aromatic carbocycles. The van der Waals surface area contributed by atoms with Gasteiger partial charge < -0.3 is 0 Å². The van der Waals surface area contributed by atoms with E-state index in [1.807, 2.05) is 24.4 Å². The summed E-state index contributed by atoms with van der Waals surface area (Å²) in [7, 11) is -0.695. The number of benzene rings is 4. The minimum atomic E-state index is -0.695. The molecule has 4 heteroatoms. The van der Waals surface area contributed by atoms with Crippen LogP contribution >= 0.6 is 7.92 Å². The van der Waals surface area contributed by atoms with Gasteiger partial charge in [-0.15, -0.1) is 0 Å². The van der Waals surface area contributed by atoms with Crippen molar-refractivity contribution in [3.8, 4) is 11.3 Å². The average molecular weight is 480 g/mol. The van der Waals surface area contributed by atoms with Crippen molar-refractivity contribution in [2.75, 3.05) is 0 Å². The van der Waals surface area contributed by atoms with E-state index in [9.17, 15) is 0 Å². The fraction of sp³-hybridized carbons (Fsp3) is 0. The summed E-state index contributed by atoms with van der Waals surface area (Å²) < 4.78 is 2.08. The first kappa shape index (κ1) is 21.0. The Bertz CT molecular complexity index is 1800. The molecule has 0 aliphatic carbocycles. The van der Waals surface area contributed by atoms with Gasteiger partial charge in [0.15, 0.2) is 5.65 Å². The summed E-state index contributed by atoms with van der Waals surface area (Å²) in [5.41, 5.74) is 4.84. The molecular formula is C32H22N3P. The third-order valence-electron chi connectivity index (χ3n) is 6.57. The Kier molecular flexibility index (Phi) is 5.08. The van der Waals surface area contributed by atoms with Gasteiger partial charge in [0.2, 0.25) is 0 Å². The topological polar surface area (TPSA) is 30.2 Å². The van der Waals surface area contributed by atoms with Gasteiger partial charge in [-0.1, -0.05) is 109 Å². The third kappa shape index (κ3) is 3.48. The van der Waals surface area contributed by atoms with Crippen molar-refractivity contribution < 1.29 is 0 Å². The van der Waals surface area contributed by atoms with Crippen LogP contribution in [0.4, 0.5) is 0 Å². The smallest absolute Gasteiger partial charge is 0.165 e. The molecule has 0 atom stereocenters. The van der Waals surface area contributed by atoms with E-state index in [2.05, 4.69) is 114 Å². The van der Waals surface area contributed by atoms with Gasteiger partial charge >= 0.3 is 0 Å². The molecule has 0 saturated carbocycles. The van der Waals surface area contributed by atoms with E-state index in [0.717, 1.165) is 38.8 Å². The molecule has 170 valence electrons. The number of rotatable bonds is 4. The van der Waals surface area contributed by atoms with Crippen LogP contribution in [0.2, 0.25) is 0 Å². The highest BCUT2D eigenvalue weighted by molar-refractivity contribution is 7.79. The zero-order chi connectivity index (χ0) is 23.9. The number of hydrogen-bond acceptors (Lipinski definition) is 2. The maximum Gasteiger partial charge on any atom is 0.165 e. The van der Waals surface area contributed by atoms with E-state index in [0.29, 0.717) is 0 Å². The SMILES string of the molecule is c1ccc(P(c2ccccc2)c2cccc(-c3nc4c(nc5ccccn54)c4ccccc34)c2)cc1. The summed E-state index contributed by atoms with van der Waals surface area (Å²) in [5, 5.41) is 6.23. The Labute approximate surface area is 210 Å². The fourth-order valence-corrected chi connectivity index (χ4v) is 7.28. The molecular weight excluding hydrogens is 457 g/mol. The highest BCUT2D eigenvalue weighted by atomic mass is 31.1. The van der Waals surface area contributed by atoms with Crippen LogP contribution in [0, 0.1) is 0 Å². The molecule has 0 aliphatic heterocycles. The lowest BCUT2D eigenvalue weighted by Gasteiger charge is -2.20. The average Bonchev–Trinajstić information content (AvgIpc) is 3.33. The lowest BCUT2D eigenvalue weighted by atomic mass is 10.0. The van der Waals surface area contributed by atoms with Crippen molar-refractivity contribution in [1.29, 1.82) is 0 Å². The van der Waals surface area contributed by atoms with E-state index in [1.165, 1.54) is 15.9 Å². The van der Waals surface area contributed by atoms with Crippen LogP contribution in [0.1, 0.15) is 0 Å². The Morgan fingerprint density at radius 2 is 1.17 bits per heavy atom. The lowest BCUT2D eigenvalue weighted by molar-refractivity contribution is 1.19. The number of fused-ring (bicyclic) bond motifs is 5. The maximum atomic E-state index is 5.22. The van der Waals surface area contributed by atoms with Crippen molar-refractivity contribution in [3.63, 3.8) is 0 Å². The van der Waals surface area contributed by atoms with E-state index in [1.54, 1.807) is 0 Å². The van der Waals surface area contributed by atoms with Crippen LogP contribution < -0.4 is 15.9 Å². The first-order chi connectivity index (χ1) is 17.9. The molecule has 0 amide bonds. The second-order valence-corrected chi connectivity index (χ2v) is 11.0. The van der Waals surface area contributed by atoms with Crippen LogP contribution in [0.25, 0.3) is 38.8 Å². The summed E-state index contributed by atoms with van der Waals surface area (Å²) in [6.45, 7) is 0. The highest BCUT2D eigenvalue weighted by Gasteiger charge is 2.19. The molecule has 0 saturated heterocycles. The lowest BCUT2D eigenvalue weighted by Crippen LogP contribution is -2.20. The van der Waals surface area contributed by atoms with Gasteiger partial charge in [0.1, 0.15) is 11.2 Å². The van der Waals surface area contributed by atoms with Crippen molar-refractivity contribution >= 4 is 51.4 Å². The van der Waals surface area contributed by atoms with Crippen LogP contribution in [0.3, 0.4) is 0 Å². The minimum absolute atomic E-state index is 0.695. The van der Waals surface area contributed by atoms with E-state index >= 15 is 0 Å². The minimum Gasteiger partial charge on any atom is -0.284 e. The van der Waals surface area contributed by atoms with Crippen LogP contribution in [-0.2, 0) is 0 Å². The second-order valence-electron chi connectivity index (χ2n) is 8.78. The standard InChI is InChI=1S/C32H22N3P/c1-3-13-24(14-4-1)36(25-15-5-2-6-16-25)26-17-11-12-23(22-26)30-27-18-7-8-19-28(27)31-32(34-30)35-21-10-9-20-29(35)33-31/h1-22H. The highest BCUT2D eigenvalue weighted by Crippen LogP contribution is 2.36. The second kappa shape index (κ2) is 8.71. The molecule has 0 aliphatic rings. The number of aromatic nitrogens is 3. The van der Waals surface area contributed by atoms with Crippen molar-refractivity contribution in [2.45, 2.75) is 0 Å². The van der Waals surface area contributed by atoms with Crippen LogP contribution in [0.5, 0.6) is 0 Å². The molecule has 0 radical (unpaired) electrons. The summed E-state index contributed by atoms with van der Waals surface area (Å²) in [5.74, 6) is 0. The predicted molar refractivity (Wildman–Crippen MR) is 152 cm³/mol. The monoisotopic (exact) mass is 479 g/mol. The molecule has 0 unspecified atom stereocenters. The van der Waals surface area contributed by atoms with E-state index in [-0.39, 0.29) is 0 Å². The number of hydrogen-bond donors (Lipinski definition) is 0. The first-order valence-electron chi connectivity index (χ1n) is 12.0. The van der Waals surface area contributed by atoms with Crippen LogP contribution in [-0.4, -0.2) is 14.4 Å². The Balaban J connectivity index is 1.47. The molecule has 36 heavy (non-hydrogen) atoms. The third-order valence-corrected chi connectivity index (χ3v) is 8.99. The summed E-state index contributed by atoms with van der Waals surface area (Å²) >= 11 is 0. The van der Waals surface area contributed by atoms with Gasteiger partial charge in [-0.05, 0) is 42.0 Å². The molecule has 0 N–H and O–H groups in total. The van der Waals surface area contributed by atoms with Gasteiger partial charge in [0.25, 0.3) is 0 Å². The van der Waals surface area contributed by atoms with E-state index < -0.39 is 7.92 Å². The van der Waals surface area contributed by atoms with Gasteiger partial charge in [-0.25, -0.2) is 9.97 Å². The van der Waals surface area contributed by atoms with Gasteiger partial charge in [-0.2, -0.15) is 0 Å². The van der Waals surface area contributed by atoms with Crippen LogP contribution in [0.15, 0.2) is 134 Å².